The summed E-state index contributed by atoms with van der Waals surface area (Å²) in [5.41, 5.74) is 9.08. The predicted octanol–water partition coefficient (Wildman–Crippen LogP) is 17.8. The zero-order valence-corrected chi connectivity index (χ0v) is 40.8. The molecule has 0 aliphatic rings. The average molecular weight is 1010 g/mol. The molecule has 2 aromatic heterocycles. The highest BCUT2D eigenvalue weighted by molar-refractivity contribution is 6.15. The summed E-state index contributed by atoms with van der Waals surface area (Å²) in [6, 6.07) is 67.5. The van der Waals surface area contributed by atoms with Crippen LogP contribution in [0.2, 0.25) is 0 Å². The van der Waals surface area contributed by atoms with Crippen molar-refractivity contribution < 1.29 is 13.2 Å². The Hall–Kier alpha value is -11.5. The highest BCUT2D eigenvalue weighted by Crippen LogP contribution is 2.50. The van der Waals surface area contributed by atoms with Crippen molar-refractivity contribution in [3.8, 4) is 91.3 Å². The third kappa shape index (κ3) is 7.99. The smallest absolute Gasteiger partial charge is 0.309 e. The van der Waals surface area contributed by atoms with Crippen LogP contribution in [0.3, 0.4) is 0 Å². The topological polar surface area (TPSA) is 114 Å². The summed E-state index contributed by atoms with van der Waals surface area (Å²) in [6.45, 7) is 16.2. The van der Waals surface area contributed by atoms with Crippen LogP contribution >= 0.6 is 0 Å². The monoisotopic (exact) mass is 1010 g/mol. The zero-order valence-electron chi connectivity index (χ0n) is 40.8. The first kappa shape index (κ1) is 47.5. The molecule has 78 heavy (non-hydrogen) atoms. The molecule has 11 heteroatoms. The molecule has 0 fully saturated rings. The third-order valence-corrected chi connectivity index (χ3v) is 14.2. The summed E-state index contributed by atoms with van der Waals surface area (Å²) in [4.78, 5) is 7.43. The molecule has 0 bridgehead atoms. The second-order valence-corrected chi connectivity index (χ2v) is 18.6. The molecular formula is C67H33F3N8. The van der Waals surface area contributed by atoms with E-state index in [1.807, 2.05) is 106 Å². The molecule has 362 valence electrons. The molecular weight excluding hydrogens is 974 g/mol. The second-order valence-electron chi connectivity index (χ2n) is 18.6. The van der Waals surface area contributed by atoms with Crippen molar-refractivity contribution in [2.45, 2.75) is 6.18 Å². The molecule has 8 nitrogen and oxygen atoms in total. The van der Waals surface area contributed by atoms with E-state index >= 15 is 13.2 Å². The van der Waals surface area contributed by atoms with Crippen molar-refractivity contribution in [1.82, 2.24) is 9.13 Å². The van der Waals surface area contributed by atoms with Crippen molar-refractivity contribution >= 4 is 55.0 Å². The Kier molecular flexibility index (Phi) is 11.4. The first-order valence-corrected chi connectivity index (χ1v) is 24.3. The molecule has 0 aliphatic carbocycles. The lowest BCUT2D eigenvalue weighted by atomic mass is 9.92. The number of hydrogen-bond acceptors (Lipinski definition) is 4. The molecule has 2 heterocycles. The van der Waals surface area contributed by atoms with Gasteiger partial charge in [-0.2, -0.15) is 34.2 Å². The minimum absolute atomic E-state index is 0.0294. The van der Waals surface area contributed by atoms with Crippen LogP contribution < -0.4 is 0 Å². The summed E-state index contributed by atoms with van der Waals surface area (Å²) >= 11 is 0. The number of halogens is 3. The van der Waals surface area contributed by atoms with Gasteiger partial charge in [0.1, 0.15) is 0 Å². The fraction of sp³-hybridized carbons (Fsp3) is 0.0149. The second kappa shape index (κ2) is 18.8. The molecule has 0 unspecified atom stereocenters. The molecule has 0 N–H and O–H groups in total. The van der Waals surface area contributed by atoms with Gasteiger partial charge in [-0.15, -0.1) is 0 Å². The SMILES string of the molecule is [C-]#[N+]c1cccc(-c2ccc3c(c2)c2cc(-c4cccc(C#N)c4)ccc2n3-c2cc(C#N)cc(-n3c4ccc(-c5cccc(C#N)c5)cc4c4cc(-c5cccc(C#N)c5)ccc43)c2-c2c([N+]#[C-])cccc2C(F)(F)F)c1. The quantitative estimate of drug-likeness (QED) is 0.148. The first-order chi connectivity index (χ1) is 38.0. The van der Waals surface area contributed by atoms with E-state index in [-0.39, 0.29) is 33.8 Å². The van der Waals surface area contributed by atoms with Crippen LogP contribution in [0, 0.1) is 58.5 Å². The van der Waals surface area contributed by atoms with Crippen molar-refractivity contribution in [2.75, 3.05) is 0 Å². The zero-order chi connectivity index (χ0) is 53.8. The fourth-order valence-corrected chi connectivity index (χ4v) is 10.8. The highest BCUT2D eigenvalue weighted by atomic mass is 19.4. The maximum absolute atomic E-state index is 15.9. The molecule has 0 aliphatic heterocycles. The number of fused-ring (bicyclic) bond motifs is 6. The standard InChI is InChI=1S/C67H33F3N8/c1-75-52-15-6-14-47(31-52)51-21-25-62-56(35-51)55-34-50(46-13-5-10-42(28-46)38-73)20-24-61(55)78(62)64-30-43(39-74)29-63(66(64)65-57(67(68,69)70)16-7-17-58(65)76-2)77-59-22-18-48(44-11-3-8-40(26-44)36-71)32-53(59)54-33-49(19-23-60(54)77)45-12-4-9-41(27-45)37-72/h3-35H. The van der Waals surface area contributed by atoms with Crippen LogP contribution in [-0.2, 0) is 6.18 Å². The largest absolute Gasteiger partial charge is 0.415 e. The van der Waals surface area contributed by atoms with Gasteiger partial charge in [-0.1, -0.05) is 97.1 Å². The van der Waals surface area contributed by atoms with Crippen LogP contribution in [0.25, 0.3) is 120 Å². The van der Waals surface area contributed by atoms with Crippen LogP contribution in [0.4, 0.5) is 24.5 Å². The molecule has 0 amide bonds. The molecule has 12 rings (SSSR count). The molecule has 0 saturated heterocycles. The van der Waals surface area contributed by atoms with Crippen molar-refractivity contribution in [3.05, 3.63) is 251 Å². The number of hydrogen-bond donors (Lipinski definition) is 0. The van der Waals surface area contributed by atoms with E-state index in [4.69, 9.17) is 13.1 Å². The first-order valence-electron chi connectivity index (χ1n) is 24.3. The Labute approximate surface area is 444 Å². The summed E-state index contributed by atoms with van der Waals surface area (Å²) in [5, 5.41) is 43.5. The maximum atomic E-state index is 15.9. The Balaban J connectivity index is 1.24. The number of aromatic nitrogens is 2. The molecule has 0 atom stereocenters. The normalized spacial score (nSPS) is 11.2. The third-order valence-electron chi connectivity index (χ3n) is 14.2. The lowest BCUT2D eigenvalue weighted by Crippen LogP contribution is -2.11. The van der Waals surface area contributed by atoms with Gasteiger partial charge in [-0.3, -0.25) is 0 Å². The van der Waals surface area contributed by atoms with E-state index in [2.05, 4.69) is 34.0 Å². The lowest BCUT2D eigenvalue weighted by molar-refractivity contribution is -0.137. The van der Waals surface area contributed by atoms with E-state index in [0.29, 0.717) is 66.0 Å². The Morgan fingerprint density at radius 3 is 1.08 bits per heavy atom. The van der Waals surface area contributed by atoms with E-state index in [0.717, 1.165) is 50.6 Å². The molecule has 0 radical (unpaired) electrons. The van der Waals surface area contributed by atoms with Crippen LogP contribution in [0.5, 0.6) is 0 Å². The molecule has 0 spiro atoms. The van der Waals surface area contributed by atoms with Gasteiger partial charge in [0, 0.05) is 32.7 Å². The minimum Gasteiger partial charge on any atom is -0.309 e. The Bertz CT molecular complexity index is 4330. The molecule has 0 saturated carbocycles. The van der Waals surface area contributed by atoms with E-state index in [9.17, 15) is 21.0 Å². The van der Waals surface area contributed by atoms with E-state index < -0.39 is 11.7 Å². The van der Waals surface area contributed by atoms with Crippen LogP contribution in [0.1, 0.15) is 27.8 Å². The number of alkyl halides is 3. The lowest BCUT2D eigenvalue weighted by Gasteiger charge is -2.24. The Morgan fingerprint density at radius 1 is 0.359 bits per heavy atom. The van der Waals surface area contributed by atoms with Gasteiger partial charge in [0.05, 0.1) is 98.7 Å². The predicted molar refractivity (Wildman–Crippen MR) is 299 cm³/mol. The van der Waals surface area contributed by atoms with E-state index in [1.54, 1.807) is 84.9 Å². The summed E-state index contributed by atoms with van der Waals surface area (Å²) < 4.78 is 51.6. The van der Waals surface area contributed by atoms with Gasteiger partial charge in [-0.05, 0) is 148 Å². The summed E-state index contributed by atoms with van der Waals surface area (Å²) in [7, 11) is 0. The van der Waals surface area contributed by atoms with Crippen LogP contribution in [0.15, 0.2) is 200 Å². The fourth-order valence-electron chi connectivity index (χ4n) is 10.8. The van der Waals surface area contributed by atoms with Gasteiger partial charge in [0.25, 0.3) is 0 Å². The van der Waals surface area contributed by atoms with Gasteiger partial charge < -0.3 is 9.13 Å². The minimum atomic E-state index is -4.96. The van der Waals surface area contributed by atoms with Crippen molar-refractivity contribution in [1.29, 1.82) is 21.0 Å². The maximum Gasteiger partial charge on any atom is 0.415 e. The number of nitrogens with zero attached hydrogens (tertiary/aromatic N) is 8. The van der Waals surface area contributed by atoms with Gasteiger partial charge in [0.15, 0.2) is 11.4 Å². The van der Waals surface area contributed by atoms with Crippen molar-refractivity contribution in [2.24, 2.45) is 0 Å². The van der Waals surface area contributed by atoms with E-state index in [1.165, 1.54) is 12.1 Å². The average Bonchev–Trinajstić information content (AvgIpc) is 4.15. The Morgan fingerprint density at radius 2 is 0.718 bits per heavy atom. The summed E-state index contributed by atoms with van der Waals surface area (Å²) in [6.07, 6.45) is -4.96. The summed E-state index contributed by atoms with van der Waals surface area (Å²) in [5.74, 6) is 0. The van der Waals surface area contributed by atoms with Crippen LogP contribution in [-0.4, -0.2) is 9.13 Å². The molecule has 10 aromatic carbocycles. The highest BCUT2D eigenvalue weighted by Gasteiger charge is 2.37. The number of nitriles is 4. The van der Waals surface area contributed by atoms with Gasteiger partial charge >= 0.3 is 6.18 Å². The van der Waals surface area contributed by atoms with Gasteiger partial charge in [-0.25, -0.2) is 9.69 Å². The molecule has 12 aromatic rings. The number of benzene rings is 10. The van der Waals surface area contributed by atoms with Gasteiger partial charge in [0.2, 0.25) is 0 Å². The number of rotatable bonds is 7. The van der Waals surface area contributed by atoms with Crippen molar-refractivity contribution in [3.63, 3.8) is 0 Å².